The maximum Gasteiger partial charge on any atom is 0.220 e. The van der Waals surface area contributed by atoms with E-state index in [2.05, 4.69) is 5.32 Å². The van der Waals surface area contributed by atoms with Crippen LogP contribution < -0.4 is 5.32 Å². The highest BCUT2D eigenvalue weighted by molar-refractivity contribution is 5.76. The summed E-state index contributed by atoms with van der Waals surface area (Å²) in [6.07, 6.45) is 3.28. The van der Waals surface area contributed by atoms with Gasteiger partial charge in [-0.3, -0.25) is 4.79 Å². The third kappa shape index (κ3) is 3.80. The number of carbonyl (C=O) groups is 1. The molecule has 0 aromatic rings. The van der Waals surface area contributed by atoms with E-state index in [0.29, 0.717) is 19.3 Å². The van der Waals surface area contributed by atoms with Crippen LogP contribution in [0.25, 0.3) is 0 Å². The number of amides is 1. The first-order valence-corrected chi connectivity index (χ1v) is 5.75. The fourth-order valence-electron chi connectivity index (χ4n) is 2.05. The van der Waals surface area contributed by atoms with Gasteiger partial charge in [0.15, 0.2) is 0 Å². The summed E-state index contributed by atoms with van der Waals surface area (Å²) in [5.74, 6) is -0.00545. The molecule has 1 aliphatic rings. The van der Waals surface area contributed by atoms with E-state index in [4.69, 9.17) is 5.11 Å². The van der Waals surface area contributed by atoms with Crippen molar-refractivity contribution in [2.24, 2.45) is 5.92 Å². The average Bonchev–Trinajstić information content (AvgIpc) is 2.55. The molecule has 3 N–H and O–H groups in total. The van der Waals surface area contributed by atoms with Crippen LogP contribution in [0.2, 0.25) is 0 Å². The molecule has 1 rings (SSSR count). The van der Waals surface area contributed by atoms with E-state index in [-0.39, 0.29) is 24.5 Å². The average molecular weight is 215 g/mol. The Morgan fingerprint density at radius 2 is 2.20 bits per heavy atom. The molecule has 0 bridgehead atoms. The minimum Gasteiger partial charge on any atom is -0.396 e. The van der Waals surface area contributed by atoms with Gasteiger partial charge in [0.2, 0.25) is 5.91 Å². The monoisotopic (exact) mass is 215 g/mol. The summed E-state index contributed by atoms with van der Waals surface area (Å²) in [5, 5.41) is 21.4. The van der Waals surface area contributed by atoms with Gasteiger partial charge >= 0.3 is 0 Å². The maximum absolute atomic E-state index is 11.4. The summed E-state index contributed by atoms with van der Waals surface area (Å²) in [6.45, 7) is 2.05. The Hall–Kier alpha value is -0.610. The number of hydrogen-bond acceptors (Lipinski definition) is 3. The molecule has 1 fully saturated rings. The molecule has 15 heavy (non-hydrogen) atoms. The Morgan fingerprint density at radius 3 is 2.73 bits per heavy atom. The molecule has 88 valence electrons. The van der Waals surface area contributed by atoms with E-state index < -0.39 is 6.10 Å². The number of unbranched alkanes of at least 4 members (excludes halogenated alkanes) is 1. The zero-order chi connectivity index (χ0) is 11.3. The Balaban J connectivity index is 2.25. The van der Waals surface area contributed by atoms with Gasteiger partial charge in [0, 0.05) is 25.0 Å². The van der Waals surface area contributed by atoms with Gasteiger partial charge in [-0.25, -0.2) is 0 Å². The van der Waals surface area contributed by atoms with Gasteiger partial charge in [-0.1, -0.05) is 13.3 Å². The molecule has 0 spiro atoms. The highest BCUT2D eigenvalue weighted by atomic mass is 16.3. The van der Waals surface area contributed by atoms with Crippen LogP contribution in [-0.2, 0) is 4.79 Å². The van der Waals surface area contributed by atoms with Crippen LogP contribution in [0.4, 0.5) is 0 Å². The zero-order valence-electron chi connectivity index (χ0n) is 9.28. The smallest absolute Gasteiger partial charge is 0.220 e. The number of aliphatic hydroxyl groups is 2. The standard InChI is InChI=1S/C11H21NO3/c1-2-3-4-11(15)12-9-5-8(7-13)10(14)6-9/h8-10,13-14H,2-7H2,1H3,(H,12,15)/t8-,9-,10-/m1/s1. The van der Waals surface area contributed by atoms with Crippen LogP contribution in [-0.4, -0.2) is 34.9 Å². The molecule has 0 unspecified atom stereocenters. The van der Waals surface area contributed by atoms with Gasteiger partial charge in [0.1, 0.15) is 0 Å². The first kappa shape index (κ1) is 12.5. The lowest BCUT2D eigenvalue weighted by Gasteiger charge is -2.11. The van der Waals surface area contributed by atoms with Crippen molar-refractivity contribution in [3.63, 3.8) is 0 Å². The van der Waals surface area contributed by atoms with E-state index in [1.165, 1.54) is 0 Å². The predicted octanol–water partition coefficient (Wildman–Crippen LogP) is 0.425. The fourth-order valence-corrected chi connectivity index (χ4v) is 2.05. The van der Waals surface area contributed by atoms with Crippen molar-refractivity contribution in [1.29, 1.82) is 0 Å². The molecule has 0 aromatic carbocycles. The van der Waals surface area contributed by atoms with Crippen molar-refractivity contribution in [1.82, 2.24) is 5.32 Å². The molecule has 0 radical (unpaired) electrons. The predicted molar refractivity (Wildman–Crippen MR) is 57.3 cm³/mol. The molecule has 0 heterocycles. The quantitative estimate of drug-likeness (QED) is 0.622. The summed E-state index contributed by atoms with van der Waals surface area (Å²) < 4.78 is 0. The molecular weight excluding hydrogens is 194 g/mol. The normalized spacial score (nSPS) is 30.5. The van der Waals surface area contributed by atoms with E-state index in [1.54, 1.807) is 0 Å². The van der Waals surface area contributed by atoms with Crippen LogP contribution in [0.15, 0.2) is 0 Å². The third-order valence-corrected chi connectivity index (χ3v) is 3.01. The van der Waals surface area contributed by atoms with E-state index >= 15 is 0 Å². The number of carbonyl (C=O) groups excluding carboxylic acids is 1. The first-order chi connectivity index (χ1) is 7.17. The second-order valence-electron chi connectivity index (χ2n) is 4.35. The molecular formula is C11H21NO3. The topological polar surface area (TPSA) is 69.6 Å². The van der Waals surface area contributed by atoms with Gasteiger partial charge in [-0.2, -0.15) is 0 Å². The summed E-state index contributed by atoms with van der Waals surface area (Å²) in [4.78, 5) is 11.4. The van der Waals surface area contributed by atoms with E-state index in [9.17, 15) is 9.90 Å². The van der Waals surface area contributed by atoms with Crippen molar-refractivity contribution in [2.45, 2.75) is 51.2 Å². The van der Waals surface area contributed by atoms with E-state index in [1.807, 2.05) is 6.92 Å². The lowest BCUT2D eigenvalue weighted by atomic mass is 10.1. The Morgan fingerprint density at radius 1 is 1.47 bits per heavy atom. The maximum atomic E-state index is 11.4. The molecule has 3 atom stereocenters. The second-order valence-corrected chi connectivity index (χ2v) is 4.35. The Bertz CT molecular complexity index is 208. The minimum absolute atomic E-state index is 0.00248. The lowest BCUT2D eigenvalue weighted by Crippen LogP contribution is -2.33. The van der Waals surface area contributed by atoms with Crippen LogP contribution >= 0.6 is 0 Å². The van der Waals surface area contributed by atoms with E-state index in [0.717, 1.165) is 12.8 Å². The number of nitrogens with one attached hydrogen (secondary N) is 1. The van der Waals surface area contributed by atoms with Crippen LogP contribution in [0.5, 0.6) is 0 Å². The van der Waals surface area contributed by atoms with Crippen molar-refractivity contribution >= 4 is 5.91 Å². The van der Waals surface area contributed by atoms with Crippen LogP contribution in [0.3, 0.4) is 0 Å². The number of hydrogen-bond donors (Lipinski definition) is 3. The lowest BCUT2D eigenvalue weighted by molar-refractivity contribution is -0.121. The van der Waals surface area contributed by atoms with Crippen molar-refractivity contribution in [2.75, 3.05) is 6.61 Å². The highest BCUT2D eigenvalue weighted by Crippen LogP contribution is 2.25. The molecule has 0 saturated heterocycles. The molecule has 1 amide bonds. The van der Waals surface area contributed by atoms with Crippen LogP contribution in [0.1, 0.15) is 39.0 Å². The number of aliphatic hydroxyl groups excluding tert-OH is 2. The summed E-state index contributed by atoms with van der Waals surface area (Å²) >= 11 is 0. The van der Waals surface area contributed by atoms with Crippen LogP contribution in [0, 0.1) is 5.92 Å². The third-order valence-electron chi connectivity index (χ3n) is 3.01. The first-order valence-electron chi connectivity index (χ1n) is 5.75. The second kappa shape index (κ2) is 6.08. The molecule has 0 aromatic heterocycles. The summed E-state index contributed by atoms with van der Waals surface area (Å²) in [5.41, 5.74) is 0. The Labute approximate surface area is 90.7 Å². The fraction of sp³-hybridized carbons (Fsp3) is 0.909. The number of rotatable bonds is 5. The minimum atomic E-state index is -0.466. The van der Waals surface area contributed by atoms with Crippen molar-refractivity contribution in [3.8, 4) is 0 Å². The van der Waals surface area contributed by atoms with Gasteiger partial charge < -0.3 is 15.5 Å². The van der Waals surface area contributed by atoms with Gasteiger partial charge in [-0.05, 0) is 19.3 Å². The SMILES string of the molecule is CCCCC(=O)N[C@@H]1C[C@H](CO)[C@H](O)C1. The van der Waals surface area contributed by atoms with Crippen molar-refractivity contribution in [3.05, 3.63) is 0 Å². The summed E-state index contributed by atoms with van der Waals surface area (Å²) in [6, 6.07) is 0.0431. The van der Waals surface area contributed by atoms with Gasteiger partial charge in [-0.15, -0.1) is 0 Å². The molecule has 1 saturated carbocycles. The highest BCUT2D eigenvalue weighted by Gasteiger charge is 2.32. The molecule has 1 aliphatic carbocycles. The van der Waals surface area contributed by atoms with Gasteiger partial charge in [0.25, 0.3) is 0 Å². The largest absolute Gasteiger partial charge is 0.396 e. The molecule has 0 aliphatic heterocycles. The zero-order valence-corrected chi connectivity index (χ0v) is 9.28. The van der Waals surface area contributed by atoms with Gasteiger partial charge in [0.05, 0.1) is 6.10 Å². The molecule has 4 heteroatoms. The Kier molecular flexibility index (Phi) is 5.05. The summed E-state index contributed by atoms with van der Waals surface area (Å²) in [7, 11) is 0. The molecule has 4 nitrogen and oxygen atoms in total. The van der Waals surface area contributed by atoms with Crippen molar-refractivity contribution < 1.29 is 15.0 Å².